The third-order valence-electron chi connectivity index (χ3n) is 7.26. The Kier molecular flexibility index (Phi) is 9.76. The number of benzene rings is 4. The highest BCUT2D eigenvalue weighted by Crippen LogP contribution is 2.27. The second kappa shape index (κ2) is 14.2. The standard InChI is InChI=1S/C34H34N4O5/c1-42-34(41)26-18-16-25(17-19-26)33(40)36-29(32-35-28-21-20-24-12-8-9-13-27(24)31(28)37-32)14-6-3-7-15-30(39)38-43-22-23-10-4-2-5-11-23/h2,4-5,8-13,16-21,29H,3,6-7,14-15,22H2,1H3,(H,35,37)(H,36,40)(H,38,39). The number of H-pyrrole nitrogens is 1. The van der Waals surface area contributed by atoms with E-state index in [0.29, 0.717) is 42.8 Å². The molecule has 5 aromatic rings. The summed E-state index contributed by atoms with van der Waals surface area (Å²) in [7, 11) is 1.32. The molecule has 1 heterocycles. The molecule has 0 saturated heterocycles. The van der Waals surface area contributed by atoms with Crippen LogP contribution in [0.2, 0.25) is 0 Å². The Bertz CT molecular complexity index is 1700. The van der Waals surface area contributed by atoms with Crippen LogP contribution in [-0.2, 0) is 21.0 Å². The van der Waals surface area contributed by atoms with Crippen molar-refractivity contribution in [2.45, 2.75) is 44.8 Å². The monoisotopic (exact) mass is 578 g/mol. The van der Waals surface area contributed by atoms with Gasteiger partial charge in [0.25, 0.3) is 5.91 Å². The number of amides is 2. The predicted octanol–water partition coefficient (Wildman–Crippen LogP) is 6.17. The van der Waals surface area contributed by atoms with Crippen LogP contribution in [0.25, 0.3) is 21.8 Å². The molecular weight excluding hydrogens is 544 g/mol. The maximum absolute atomic E-state index is 13.3. The van der Waals surface area contributed by atoms with Gasteiger partial charge in [-0.25, -0.2) is 15.3 Å². The number of carbonyl (C=O) groups is 3. The second-order valence-electron chi connectivity index (χ2n) is 10.3. The number of rotatable bonds is 13. The number of esters is 1. The van der Waals surface area contributed by atoms with E-state index in [1.165, 1.54) is 7.11 Å². The summed E-state index contributed by atoms with van der Waals surface area (Å²) in [4.78, 5) is 50.9. The van der Waals surface area contributed by atoms with Crippen LogP contribution >= 0.6 is 0 Å². The molecule has 0 fully saturated rings. The summed E-state index contributed by atoms with van der Waals surface area (Å²) in [5, 5.41) is 5.24. The number of ether oxygens (including phenoxy) is 1. The molecule has 43 heavy (non-hydrogen) atoms. The molecule has 5 rings (SSSR count). The van der Waals surface area contributed by atoms with Gasteiger partial charge in [-0.1, -0.05) is 73.5 Å². The number of methoxy groups -OCH3 is 1. The van der Waals surface area contributed by atoms with Gasteiger partial charge in [-0.05, 0) is 54.1 Å². The minimum atomic E-state index is -0.462. The number of unbranched alkanes of at least 4 members (excludes halogenated alkanes) is 2. The number of carbonyl (C=O) groups excluding carboxylic acids is 3. The van der Waals surface area contributed by atoms with Gasteiger partial charge in [0.2, 0.25) is 5.91 Å². The third kappa shape index (κ3) is 7.64. The predicted molar refractivity (Wildman–Crippen MR) is 164 cm³/mol. The number of nitrogens with zero attached hydrogens (tertiary/aromatic N) is 1. The first-order chi connectivity index (χ1) is 21.0. The normalized spacial score (nSPS) is 11.7. The number of nitrogens with one attached hydrogen (secondary N) is 3. The number of hydrogen-bond donors (Lipinski definition) is 3. The van der Waals surface area contributed by atoms with Crippen molar-refractivity contribution < 1.29 is 24.0 Å². The summed E-state index contributed by atoms with van der Waals surface area (Å²) >= 11 is 0. The van der Waals surface area contributed by atoms with Gasteiger partial charge in [-0.2, -0.15) is 0 Å². The summed E-state index contributed by atoms with van der Waals surface area (Å²) < 4.78 is 4.75. The van der Waals surface area contributed by atoms with Crippen LogP contribution in [0.1, 0.15) is 70.2 Å². The van der Waals surface area contributed by atoms with Gasteiger partial charge in [-0.15, -0.1) is 0 Å². The van der Waals surface area contributed by atoms with E-state index in [9.17, 15) is 14.4 Å². The van der Waals surface area contributed by atoms with Gasteiger partial charge in [-0.3, -0.25) is 14.4 Å². The van der Waals surface area contributed by atoms with Gasteiger partial charge < -0.3 is 15.0 Å². The Morgan fingerprint density at radius 3 is 2.37 bits per heavy atom. The smallest absolute Gasteiger partial charge is 0.337 e. The van der Waals surface area contributed by atoms with E-state index in [1.807, 2.05) is 66.7 Å². The number of aromatic nitrogens is 2. The van der Waals surface area contributed by atoms with E-state index in [1.54, 1.807) is 24.3 Å². The van der Waals surface area contributed by atoms with Gasteiger partial charge in [0.05, 0.1) is 36.4 Å². The molecule has 220 valence electrons. The van der Waals surface area contributed by atoms with Gasteiger partial charge >= 0.3 is 5.97 Å². The molecule has 0 spiro atoms. The van der Waals surface area contributed by atoms with Crippen molar-refractivity contribution in [3.05, 3.63) is 114 Å². The molecule has 9 nitrogen and oxygen atoms in total. The molecule has 0 saturated carbocycles. The number of fused-ring (bicyclic) bond motifs is 3. The fraction of sp³-hybridized carbons (Fsp3) is 0.235. The minimum Gasteiger partial charge on any atom is -0.465 e. The molecule has 1 atom stereocenters. The summed E-state index contributed by atoms with van der Waals surface area (Å²) in [6, 6.07) is 27.7. The Morgan fingerprint density at radius 2 is 1.58 bits per heavy atom. The van der Waals surface area contributed by atoms with Crippen LogP contribution < -0.4 is 10.8 Å². The van der Waals surface area contributed by atoms with E-state index in [-0.39, 0.29) is 17.9 Å². The van der Waals surface area contributed by atoms with E-state index >= 15 is 0 Å². The van der Waals surface area contributed by atoms with Crippen LogP contribution in [-0.4, -0.2) is 34.9 Å². The largest absolute Gasteiger partial charge is 0.465 e. The van der Waals surface area contributed by atoms with Crippen LogP contribution in [0.3, 0.4) is 0 Å². The van der Waals surface area contributed by atoms with E-state index in [2.05, 4.69) is 15.8 Å². The molecule has 4 aromatic carbocycles. The molecule has 0 bridgehead atoms. The van der Waals surface area contributed by atoms with Gasteiger partial charge in [0.1, 0.15) is 5.82 Å². The van der Waals surface area contributed by atoms with Gasteiger partial charge in [0.15, 0.2) is 0 Å². The number of hydroxylamine groups is 1. The first kappa shape index (κ1) is 29.5. The quantitative estimate of drug-likeness (QED) is 0.0872. The molecule has 3 N–H and O–H groups in total. The van der Waals surface area contributed by atoms with E-state index in [0.717, 1.165) is 40.2 Å². The van der Waals surface area contributed by atoms with Crippen molar-refractivity contribution in [2.24, 2.45) is 0 Å². The lowest BCUT2D eigenvalue weighted by Gasteiger charge is -2.17. The Hall–Kier alpha value is -5.02. The lowest BCUT2D eigenvalue weighted by atomic mass is 10.1. The summed E-state index contributed by atoms with van der Waals surface area (Å²) in [6.07, 6.45) is 3.20. The average molecular weight is 579 g/mol. The summed E-state index contributed by atoms with van der Waals surface area (Å²) in [6.45, 7) is 0.312. The zero-order valence-electron chi connectivity index (χ0n) is 24.0. The van der Waals surface area contributed by atoms with Crippen LogP contribution in [0.15, 0.2) is 91.0 Å². The second-order valence-corrected chi connectivity index (χ2v) is 10.3. The molecule has 0 aliphatic carbocycles. The van der Waals surface area contributed by atoms with Gasteiger partial charge in [0, 0.05) is 17.4 Å². The molecule has 0 aliphatic rings. The van der Waals surface area contributed by atoms with E-state index in [4.69, 9.17) is 14.6 Å². The van der Waals surface area contributed by atoms with Crippen molar-refractivity contribution >= 4 is 39.6 Å². The topological polar surface area (TPSA) is 122 Å². The summed E-state index contributed by atoms with van der Waals surface area (Å²) in [5.74, 6) is -0.240. The summed E-state index contributed by atoms with van der Waals surface area (Å²) in [5.41, 5.74) is 6.02. The van der Waals surface area contributed by atoms with Crippen molar-refractivity contribution in [2.75, 3.05) is 7.11 Å². The number of imidazole rings is 1. The first-order valence-electron chi connectivity index (χ1n) is 14.3. The molecule has 1 unspecified atom stereocenters. The first-order valence-corrected chi connectivity index (χ1v) is 14.3. The zero-order valence-corrected chi connectivity index (χ0v) is 24.0. The molecule has 9 heteroatoms. The van der Waals surface area contributed by atoms with E-state index < -0.39 is 5.97 Å². The molecular formula is C34H34N4O5. The molecule has 1 aromatic heterocycles. The highest BCUT2D eigenvalue weighted by molar-refractivity contribution is 6.04. The van der Waals surface area contributed by atoms with Crippen molar-refractivity contribution in [3.63, 3.8) is 0 Å². The third-order valence-corrected chi connectivity index (χ3v) is 7.26. The van der Waals surface area contributed by atoms with Crippen molar-refractivity contribution in [1.82, 2.24) is 20.8 Å². The lowest BCUT2D eigenvalue weighted by Crippen LogP contribution is -2.29. The Balaban J connectivity index is 1.22. The van der Waals surface area contributed by atoms with Crippen molar-refractivity contribution in [1.29, 1.82) is 0 Å². The zero-order chi connectivity index (χ0) is 30.0. The number of hydrogen-bond acceptors (Lipinski definition) is 6. The van der Waals surface area contributed by atoms with Crippen molar-refractivity contribution in [3.8, 4) is 0 Å². The highest BCUT2D eigenvalue weighted by atomic mass is 16.6. The lowest BCUT2D eigenvalue weighted by molar-refractivity contribution is -0.134. The van der Waals surface area contributed by atoms with Crippen LogP contribution in [0.5, 0.6) is 0 Å². The molecule has 0 radical (unpaired) electrons. The average Bonchev–Trinajstić information content (AvgIpc) is 3.49. The Labute approximate surface area is 249 Å². The molecule has 0 aliphatic heterocycles. The Morgan fingerprint density at radius 1 is 0.837 bits per heavy atom. The molecule has 2 amide bonds. The minimum absolute atomic E-state index is 0.166. The maximum Gasteiger partial charge on any atom is 0.337 e. The number of aromatic amines is 1. The SMILES string of the molecule is COC(=O)c1ccc(C(=O)NC(CCCCCC(=O)NOCc2ccccc2)c2nc3c(ccc4ccccc43)[nH]2)cc1. The van der Waals surface area contributed by atoms with Crippen LogP contribution in [0, 0.1) is 0 Å². The maximum atomic E-state index is 13.3. The van der Waals surface area contributed by atoms with Crippen LogP contribution in [0.4, 0.5) is 0 Å². The highest BCUT2D eigenvalue weighted by Gasteiger charge is 2.20. The fourth-order valence-corrected chi connectivity index (χ4v) is 4.96. The fourth-order valence-electron chi connectivity index (χ4n) is 4.96.